The van der Waals surface area contributed by atoms with Gasteiger partial charge < -0.3 is 10.1 Å². The molecule has 0 saturated carbocycles. The summed E-state index contributed by atoms with van der Waals surface area (Å²) in [7, 11) is 0. The zero-order valence-electron chi connectivity index (χ0n) is 17.4. The molecule has 0 fully saturated rings. The zero-order valence-corrected chi connectivity index (χ0v) is 18.9. The van der Waals surface area contributed by atoms with Gasteiger partial charge >= 0.3 is 0 Å². The van der Waals surface area contributed by atoms with E-state index in [1.807, 2.05) is 42.5 Å². The van der Waals surface area contributed by atoms with E-state index in [0.717, 1.165) is 16.3 Å². The van der Waals surface area contributed by atoms with Crippen LogP contribution in [0.3, 0.4) is 0 Å². The first-order valence-electron chi connectivity index (χ1n) is 10.1. The molecule has 0 aliphatic heterocycles. The molecule has 0 atom stereocenters. The minimum Gasteiger partial charge on any atom is -0.488 e. The van der Waals surface area contributed by atoms with Crippen molar-refractivity contribution in [1.82, 2.24) is 0 Å². The molecule has 0 aliphatic rings. The summed E-state index contributed by atoms with van der Waals surface area (Å²) in [5, 5.41) is 15.0. The maximum absolute atomic E-state index is 12.7. The van der Waals surface area contributed by atoms with Crippen LogP contribution in [0.25, 0.3) is 16.8 Å². The first-order chi connectivity index (χ1) is 16.1. The number of anilines is 1. The van der Waals surface area contributed by atoms with E-state index >= 15 is 0 Å². The number of benzene rings is 4. The number of halogens is 2. The summed E-state index contributed by atoms with van der Waals surface area (Å²) in [4.78, 5) is 12.7. The quantitative estimate of drug-likeness (QED) is 0.237. The van der Waals surface area contributed by atoms with Crippen LogP contribution in [0.1, 0.15) is 11.1 Å². The lowest BCUT2D eigenvalue weighted by atomic mass is 10.1. The fraction of sp³-hybridized carbons (Fsp3) is 0.0370. The number of hydrogen-bond donors (Lipinski definition) is 1. The topological polar surface area (TPSA) is 62.1 Å². The summed E-state index contributed by atoms with van der Waals surface area (Å²) in [5.74, 6) is -0.0303. The van der Waals surface area contributed by atoms with Gasteiger partial charge in [0.25, 0.3) is 5.91 Å². The van der Waals surface area contributed by atoms with Crippen molar-refractivity contribution in [1.29, 1.82) is 5.26 Å². The van der Waals surface area contributed by atoms with Crippen LogP contribution in [-0.2, 0) is 11.4 Å². The molecule has 0 spiro atoms. The van der Waals surface area contributed by atoms with Crippen molar-refractivity contribution in [3.8, 4) is 11.8 Å². The summed E-state index contributed by atoms with van der Waals surface area (Å²) >= 11 is 12.1. The average molecular weight is 473 g/mol. The second-order valence-corrected chi connectivity index (χ2v) is 7.98. The Labute approximate surface area is 201 Å². The van der Waals surface area contributed by atoms with E-state index in [0.29, 0.717) is 28.6 Å². The van der Waals surface area contributed by atoms with Crippen molar-refractivity contribution in [2.75, 3.05) is 5.32 Å². The number of nitriles is 1. The maximum Gasteiger partial charge on any atom is 0.266 e. The van der Waals surface area contributed by atoms with Gasteiger partial charge in [0.2, 0.25) is 0 Å². The monoisotopic (exact) mass is 472 g/mol. The number of amides is 1. The van der Waals surface area contributed by atoms with Gasteiger partial charge in [-0.2, -0.15) is 5.26 Å². The van der Waals surface area contributed by atoms with Crippen LogP contribution in [0.2, 0.25) is 10.0 Å². The summed E-state index contributed by atoms with van der Waals surface area (Å²) in [6.07, 6.45) is 1.49. The highest BCUT2D eigenvalue weighted by molar-refractivity contribution is 6.44. The smallest absolute Gasteiger partial charge is 0.266 e. The Morgan fingerprint density at radius 2 is 1.67 bits per heavy atom. The number of hydrogen-bond acceptors (Lipinski definition) is 3. The Morgan fingerprint density at radius 3 is 2.52 bits per heavy atom. The normalized spacial score (nSPS) is 11.1. The number of nitrogens with one attached hydrogen (secondary N) is 1. The Bertz CT molecular complexity index is 1400. The summed E-state index contributed by atoms with van der Waals surface area (Å²) < 4.78 is 6.09. The number of nitrogens with zero attached hydrogens (tertiary/aromatic N) is 1. The van der Waals surface area contributed by atoms with Crippen LogP contribution in [-0.4, -0.2) is 5.91 Å². The van der Waals surface area contributed by atoms with Gasteiger partial charge in [-0.1, -0.05) is 89.9 Å². The number of carbonyl (C=O) groups is 1. The lowest BCUT2D eigenvalue weighted by Gasteiger charge is -2.12. The maximum atomic E-state index is 12.7. The highest BCUT2D eigenvalue weighted by Crippen LogP contribution is 2.30. The Morgan fingerprint density at radius 1 is 0.939 bits per heavy atom. The van der Waals surface area contributed by atoms with Crippen LogP contribution in [0.4, 0.5) is 5.69 Å². The largest absolute Gasteiger partial charge is 0.488 e. The first kappa shape index (κ1) is 22.4. The van der Waals surface area contributed by atoms with Gasteiger partial charge in [-0.3, -0.25) is 4.79 Å². The van der Waals surface area contributed by atoms with Crippen LogP contribution in [0, 0.1) is 11.3 Å². The Balaban J connectivity index is 1.57. The van der Waals surface area contributed by atoms with Gasteiger partial charge in [-0.05, 0) is 40.6 Å². The SMILES string of the molecule is N#C/C(=C\c1ccccc1OCc1cccc2ccccc12)C(=O)Nc1cccc(Cl)c1Cl. The van der Waals surface area contributed by atoms with Gasteiger partial charge in [0.15, 0.2) is 0 Å². The van der Waals surface area contributed by atoms with Crippen LogP contribution >= 0.6 is 23.2 Å². The molecule has 0 bridgehead atoms. The molecule has 6 heteroatoms. The molecule has 0 heterocycles. The minimum absolute atomic E-state index is 0.0905. The first-order valence-corrected chi connectivity index (χ1v) is 10.9. The van der Waals surface area contributed by atoms with Gasteiger partial charge in [-0.25, -0.2) is 0 Å². The number of ether oxygens (including phenoxy) is 1. The predicted octanol–water partition coefficient (Wildman–Crippen LogP) is 7.27. The third-order valence-corrected chi connectivity index (χ3v) is 5.87. The summed E-state index contributed by atoms with van der Waals surface area (Å²) in [6, 6.07) is 28.3. The number of para-hydroxylation sites is 1. The average Bonchev–Trinajstić information content (AvgIpc) is 2.84. The molecule has 4 aromatic carbocycles. The minimum atomic E-state index is -0.592. The van der Waals surface area contributed by atoms with E-state index in [1.165, 1.54) is 6.08 Å². The number of fused-ring (bicyclic) bond motifs is 1. The molecule has 0 aromatic heterocycles. The second kappa shape index (κ2) is 10.2. The fourth-order valence-corrected chi connectivity index (χ4v) is 3.75. The van der Waals surface area contributed by atoms with E-state index in [4.69, 9.17) is 27.9 Å². The lowest BCUT2D eigenvalue weighted by molar-refractivity contribution is -0.112. The molecule has 162 valence electrons. The highest BCUT2D eigenvalue weighted by Gasteiger charge is 2.14. The standard InChI is InChI=1S/C27H18Cl2N2O2/c28-23-12-6-13-24(26(23)29)31-27(32)21(16-30)15-19-8-2-4-14-25(19)33-17-20-10-5-9-18-7-1-3-11-22(18)20/h1-15H,17H2,(H,31,32)/b21-15+. The lowest BCUT2D eigenvalue weighted by Crippen LogP contribution is -2.13. The number of carbonyl (C=O) groups excluding carboxylic acids is 1. The Kier molecular flexibility index (Phi) is 6.95. The molecule has 4 nitrogen and oxygen atoms in total. The number of rotatable bonds is 6. The predicted molar refractivity (Wildman–Crippen MR) is 133 cm³/mol. The third-order valence-electron chi connectivity index (χ3n) is 5.05. The fourth-order valence-electron chi connectivity index (χ4n) is 3.40. The van der Waals surface area contributed by atoms with Crippen LogP contribution in [0.5, 0.6) is 5.75 Å². The second-order valence-electron chi connectivity index (χ2n) is 7.19. The van der Waals surface area contributed by atoms with Crippen LogP contribution in [0.15, 0.2) is 90.5 Å². The highest BCUT2D eigenvalue weighted by atomic mass is 35.5. The summed E-state index contributed by atoms with van der Waals surface area (Å²) in [6.45, 7) is 0.346. The van der Waals surface area contributed by atoms with E-state index in [2.05, 4.69) is 23.5 Å². The van der Waals surface area contributed by atoms with E-state index in [1.54, 1.807) is 30.3 Å². The van der Waals surface area contributed by atoms with Crippen LogP contribution < -0.4 is 10.1 Å². The van der Waals surface area contributed by atoms with Crippen molar-refractivity contribution >= 4 is 51.6 Å². The van der Waals surface area contributed by atoms with Gasteiger partial charge in [-0.15, -0.1) is 0 Å². The Hall–Kier alpha value is -3.78. The van der Waals surface area contributed by atoms with E-state index in [-0.39, 0.29) is 10.6 Å². The van der Waals surface area contributed by atoms with Crippen molar-refractivity contribution in [2.45, 2.75) is 6.61 Å². The van der Waals surface area contributed by atoms with Gasteiger partial charge in [0.05, 0.1) is 15.7 Å². The van der Waals surface area contributed by atoms with Crippen molar-refractivity contribution in [3.63, 3.8) is 0 Å². The molecule has 1 N–H and O–H groups in total. The third kappa shape index (κ3) is 5.18. The summed E-state index contributed by atoms with van der Waals surface area (Å²) in [5.41, 5.74) is 1.89. The molecule has 0 radical (unpaired) electrons. The molecule has 0 saturated heterocycles. The van der Waals surface area contributed by atoms with Crippen molar-refractivity contribution in [2.24, 2.45) is 0 Å². The molecule has 0 aliphatic carbocycles. The molecule has 1 amide bonds. The van der Waals surface area contributed by atoms with Gasteiger partial charge in [0, 0.05) is 5.56 Å². The molecule has 0 unspecified atom stereocenters. The molecule has 33 heavy (non-hydrogen) atoms. The van der Waals surface area contributed by atoms with Crippen molar-refractivity contribution in [3.05, 3.63) is 112 Å². The van der Waals surface area contributed by atoms with E-state index < -0.39 is 5.91 Å². The molecular weight excluding hydrogens is 455 g/mol. The zero-order chi connectivity index (χ0) is 23.2. The van der Waals surface area contributed by atoms with Gasteiger partial charge in [0.1, 0.15) is 24.0 Å². The van der Waals surface area contributed by atoms with Crippen molar-refractivity contribution < 1.29 is 9.53 Å². The van der Waals surface area contributed by atoms with E-state index in [9.17, 15) is 10.1 Å². The molecule has 4 rings (SSSR count). The molecular formula is C27H18Cl2N2O2. The molecule has 4 aromatic rings.